The van der Waals surface area contributed by atoms with Crippen molar-refractivity contribution in [2.45, 2.75) is 37.0 Å². The highest BCUT2D eigenvalue weighted by molar-refractivity contribution is 7.89. The SMILES string of the molecule is CC(C)c1ccc(S(=O)(=O)N2CCC(c3c[nH]c4ccccc34)C2)cc1. The van der Waals surface area contributed by atoms with E-state index < -0.39 is 10.0 Å². The van der Waals surface area contributed by atoms with Gasteiger partial charge in [0.25, 0.3) is 0 Å². The van der Waals surface area contributed by atoms with Crippen LogP contribution in [-0.2, 0) is 10.0 Å². The minimum Gasteiger partial charge on any atom is -0.361 e. The van der Waals surface area contributed by atoms with Crippen LogP contribution >= 0.6 is 0 Å². The molecule has 0 spiro atoms. The number of para-hydroxylation sites is 1. The van der Waals surface area contributed by atoms with Gasteiger partial charge in [0.15, 0.2) is 0 Å². The van der Waals surface area contributed by atoms with E-state index in [1.807, 2.05) is 30.5 Å². The van der Waals surface area contributed by atoms with Crippen LogP contribution < -0.4 is 0 Å². The van der Waals surface area contributed by atoms with Gasteiger partial charge in [0.2, 0.25) is 10.0 Å². The first-order valence-corrected chi connectivity index (χ1v) is 10.6. The highest BCUT2D eigenvalue weighted by Crippen LogP contribution is 2.35. The van der Waals surface area contributed by atoms with E-state index in [0.717, 1.165) is 17.5 Å². The fourth-order valence-electron chi connectivity index (χ4n) is 3.81. The summed E-state index contributed by atoms with van der Waals surface area (Å²) in [5.41, 5.74) is 3.48. The maximum absolute atomic E-state index is 13.0. The Morgan fingerprint density at radius 2 is 1.81 bits per heavy atom. The van der Waals surface area contributed by atoms with Crippen LogP contribution in [-0.4, -0.2) is 30.8 Å². The molecule has 1 aromatic heterocycles. The molecular weight excluding hydrogens is 344 g/mol. The van der Waals surface area contributed by atoms with Crippen LogP contribution in [0.4, 0.5) is 0 Å². The molecule has 4 nitrogen and oxygen atoms in total. The van der Waals surface area contributed by atoms with Gasteiger partial charge in [0.1, 0.15) is 0 Å². The number of benzene rings is 2. The third-order valence-corrected chi connectivity index (χ3v) is 7.28. The van der Waals surface area contributed by atoms with Crippen LogP contribution in [0.3, 0.4) is 0 Å². The minimum atomic E-state index is -3.44. The molecule has 1 aliphatic heterocycles. The molecule has 0 radical (unpaired) electrons. The smallest absolute Gasteiger partial charge is 0.243 e. The van der Waals surface area contributed by atoms with Crippen molar-refractivity contribution in [3.05, 3.63) is 65.9 Å². The molecule has 1 unspecified atom stereocenters. The van der Waals surface area contributed by atoms with Gasteiger partial charge in [-0.05, 0) is 41.7 Å². The van der Waals surface area contributed by atoms with Crippen molar-refractivity contribution in [3.63, 3.8) is 0 Å². The monoisotopic (exact) mass is 368 g/mol. The van der Waals surface area contributed by atoms with E-state index >= 15 is 0 Å². The lowest BCUT2D eigenvalue weighted by Crippen LogP contribution is -2.28. The van der Waals surface area contributed by atoms with Gasteiger partial charge in [0, 0.05) is 36.1 Å². The maximum Gasteiger partial charge on any atom is 0.243 e. The van der Waals surface area contributed by atoms with Crippen LogP contribution in [0, 0.1) is 0 Å². The van der Waals surface area contributed by atoms with E-state index in [9.17, 15) is 8.42 Å². The first kappa shape index (κ1) is 17.3. The Hall–Kier alpha value is -2.11. The summed E-state index contributed by atoms with van der Waals surface area (Å²) < 4.78 is 27.7. The third-order valence-electron chi connectivity index (χ3n) is 5.40. The molecule has 0 amide bonds. The number of nitrogens with one attached hydrogen (secondary N) is 1. The fraction of sp³-hybridized carbons (Fsp3) is 0.333. The fourth-order valence-corrected chi connectivity index (χ4v) is 5.31. The maximum atomic E-state index is 13.0. The van der Waals surface area contributed by atoms with Gasteiger partial charge < -0.3 is 4.98 Å². The lowest BCUT2D eigenvalue weighted by atomic mass is 9.98. The Bertz CT molecular complexity index is 1020. The molecule has 0 bridgehead atoms. The molecule has 4 rings (SSSR count). The Kier molecular flexibility index (Phi) is 4.37. The van der Waals surface area contributed by atoms with Crippen LogP contribution in [0.1, 0.15) is 43.2 Å². The molecule has 2 aromatic carbocycles. The molecule has 0 aliphatic carbocycles. The van der Waals surface area contributed by atoms with Gasteiger partial charge >= 0.3 is 0 Å². The highest BCUT2D eigenvalue weighted by Gasteiger charge is 2.34. The molecule has 1 saturated heterocycles. The molecule has 2 heterocycles. The molecule has 1 atom stereocenters. The average molecular weight is 369 g/mol. The third kappa shape index (κ3) is 2.95. The van der Waals surface area contributed by atoms with Crippen LogP contribution in [0.25, 0.3) is 10.9 Å². The quantitative estimate of drug-likeness (QED) is 0.739. The van der Waals surface area contributed by atoms with E-state index in [1.54, 1.807) is 16.4 Å². The molecule has 1 fully saturated rings. The van der Waals surface area contributed by atoms with Crippen molar-refractivity contribution in [1.29, 1.82) is 0 Å². The van der Waals surface area contributed by atoms with Crippen molar-refractivity contribution in [1.82, 2.24) is 9.29 Å². The molecule has 136 valence electrons. The first-order valence-electron chi connectivity index (χ1n) is 9.13. The van der Waals surface area contributed by atoms with Gasteiger partial charge in [-0.3, -0.25) is 0 Å². The molecular formula is C21H24N2O2S. The van der Waals surface area contributed by atoms with Crippen molar-refractivity contribution in [3.8, 4) is 0 Å². The van der Waals surface area contributed by atoms with Gasteiger partial charge in [-0.15, -0.1) is 0 Å². The lowest BCUT2D eigenvalue weighted by molar-refractivity contribution is 0.473. The lowest BCUT2D eigenvalue weighted by Gasteiger charge is -2.17. The number of fused-ring (bicyclic) bond motifs is 1. The summed E-state index contributed by atoms with van der Waals surface area (Å²) in [6, 6.07) is 15.5. The summed E-state index contributed by atoms with van der Waals surface area (Å²) in [7, 11) is -3.44. The molecule has 5 heteroatoms. The molecule has 3 aromatic rings. The van der Waals surface area contributed by atoms with E-state index in [1.165, 1.54) is 10.9 Å². The molecule has 1 aliphatic rings. The van der Waals surface area contributed by atoms with E-state index in [0.29, 0.717) is 23.9 Å². The predicted molar refractivity (Wildman–Crippen MR) is 105 cm³/mol. The Morgan fingerprint density at radius 3 is 2.54 bits per heavy atom. The highest BCUT2D eigenvalue weighted by atomic mass is 32.2. The summed E-state index contributed by atoms with van der Waals surface area (Å²) in [6.45, 7) is 5.32. The molecule has 0 saturated carbocycles. The van der Waals surface area contributed by atoms with Crippen molar-refractivity contribution < 1.29 is 8.42 Å². The number of sulfonamides is 1. The number of hydrogen-bond donors (Lipinski definition) is 1. The molecule has 26 heavy (non-hydrogen) atoms. The Balaban J connectivity index is 1.57. The second-order valence-corrected chi connectivity index (χ2v) is 9.30. The van der Waals surface area contributed by atoms with Crippen molar-refractivity contribution >= 4 is 20.9 Å². The van der Waals surface area contributed by atoms with Crippen molar-refractivity contribution in [2.24, 2.45) is 0 Å². The standard InChI is InChI=1S/C21H24N2O2S/c1-15(2)16-7-9-18(10-8-16)26(24,25)23-12-11-17(14-23)20-13-22-21-6-4-3-5-19(20)21/h3-10,13,15,17,22H,11-12,14H2,1-2H3. The Labute approximate surface area is 154 Å². The largest absolute Gasteiger partial charge is 0.361 e. The first-order chi connectivity index (χ1) is 12.5. The second kappa shape index (κ2) is 6.56. The predicted octanol–water partition coefficient (Wildman–Crippen LogP) is 4.47. The zero-order valence-electron chi connectivity index (χ0n) is 15.1. The summed E-state index contributed by atoms with van der Waals surface area (Å²) in [5.74, 6) is 0.626. The second-order valence-electron chi connectivity index (χ2n) is 7.36. The van der Waals surface area contributed by atoms with Gasteiger partial charge in [-0.2, -0.15) is 4.31 Å². The topological polar surface area (TPSA) is 53.2 Å². The normalized spacial score (nSPS) is 18.8. The van der Waals surface area contributed by atoms with Gasteiger partial charge in [-0.1, -0.05) is 44.2 Å². The van der Waals surface area contributed by atoms with E-state index in [-0.39, 0.29) is 5.92 Å². The van der Waals surface area contributed by atoms with Crippen LogP contribution in [0.2, 0.25) is 0 Å². The van der Waals surface area contributed by atoms with Crippen LogP contribution in [0.5, 0.6) is 0 Å². The van der Waals surface area contributed by atoms with Gasteiger partial charge in [-0.25, -0.2) is 8.42 Å². The molecule has 1 N–H and O–H groups in total. The van der Waals surface area contributed by atoms with Crippen molar-refractivity contribution in [2.75, 3.05) is 13.1 Å². The van der Waals surface area contributed by atoms with E-state index in [4.69, 9.17) is 0 Å². The number of aromatic nitrogens is 1. The summed E-state index contributed by atoms with van der Waals surface area (Å²) in [6.07, 6.45) is 2.88. The summed E-state index contributed by atoms with van der Waals surface area (Å²) >= 11 is 0. The number of nitrogens with zero attached hydrogens (tertiary/aromatic N) is 1. The van der Waals surface area contributed by atoms with Crippen LogP contribution in [0.15, 0.2) is 59.6 Å². The Morgan fingerprint density at radius 1 is 1.08 bits per heavy atom. The number of rotatable bonds is 4. The average Bonchev–Trinajstić information content (AvgIpc) is 3.29. The van der Waals surface area contributed by atoms with Gasteiger partial charge in [0.05, 0.1) is 4.90 Å². The zero-order valence-corrected chi connectivity index (χ0v) is 16.0. The summed E-state index contributed by atoms with van der Waals surface area (Å²) in [4.78, 5) is 3.69. The zero-order chi connectivity index (χ0) is 18.3. The summed E-state index contributed by atoms with van der Waals surface area (Å²) in [5, 5.41) is 1.19. The minimum absolute atomic E-state index is 0.232. The number of hydrogen-bond acceptors (Lipinski definition) is 2. The van der Waals surface area contributed by atoms with E-state index in [2.05, 4.69) is 31.0 Å². The number of aromatic amines is 1. The number of H-pyrrole nitrogens is 1.